The van der Waals surface area contributed by atoms with E-state index in [1.807, 2.05) is 42.5 Å². The van der Waals surface area contributed by atoms with Crippen molar-refractivity contribution in [1.29, 1.82) is 0 Å². The molecule has 0 aliphatic heterocycles. The van der Waals surface area contributed by atoms with E-state index >= 15 is 0 Å². The Hall–Kier alpha value is -4.51. The lowest BCUT2D eigenvalue weighted by molar-refractivity contribution is -0.139. The van der Waals surface area contributed by atoms with Crippen molar-refractivity contribution in [1.82, 2.24) is 10.6 Å². The van der Waals surface area contributed by atoms with E-state index in [4.69, 9.17) is 15.9 Å². The number of amides is 3. The van der Waals surface area contributed by atoms with Crippen LogP contribution in [0.2, 0.25) is 0 Å². The molecule has 40 heavy (non-hydrogen) atoms. The molecule has 1 aromatic heterocycles. The average molecular weight is 566 g/mol. The number of nitrogens with two attached hydrogens (primary N) is 1. The molecule has 0 bridgehead atoms. The van der Waals surface area contributed by atoms with Crippen molar-refractivity contribution in [3.63, 3.8) is 0 Å². The molecule has 0 saturated carbocycles. The second kappa shape index (κ2) is 14.6. The first-order valence-electron chi connectivity index (χ1n) is 12.7. The maximum Gasteiger partial charge on any atom is 0.303 e. The molecule has 6 N–H and O–H groups in total. The Morgan fingerprint density at radius 3 is 1.80 bits per heavy atom. The van der Waals surface area contributed by atoms with E-state index in [9.17, 15) is 24.0 Å². The predicted molar refractivity (Wildman–Crippen MR) is 150 cm³/mol. The van der Waals surface area contributed by atoms with E-state index in [0.717, 1.165) is 21.6 Å². The summed E-state index contributed by atoms with van der Waals surface area (Å²) in [5.74, 6) is -4.54. The highest BCUT2D eigenvalue weighted by Gasteiger charge is 2.26. The molecule has 0 radical (unpaired) electrons. The SMILES string of the molecule is NC(=O)[C@H](CCC(=O)O)NC(=O)[C@H](CCC(=O)O)NC(=O)CCc1ccc(-c2ccc(-c3ccccc3)s2)cc1. The monoisotopic (exact) mass is 565 g/mol. The number of carbonyl (C=O) groups is 5. The van der Waals surface area contributed by atoms with Crippen LogP contribution in [-0.2, 0) is 30.4 Å². The minimum Gasteiger partial charge on any atom is -0.481 e. The van der Waals surface area contributed by atoms with Crippen LogP contribution in [0.1, 0.15) is 37.7 Å². The normalized spacial score (nSPS) is 12.2. The molecule has 2 aromatic carbocycles. The van der Waals surface area contributed by atoms with Gasteiger partial charge >= 0.3 is 11.9 Å². The molecule has 0 saturated heterocycles. The van der Waals surface area contributed by atoms with Crippen molar-refractivity contribution in [3.05, 3.63) is 72.3 Å². The molecule has 210 valence electrons. The lowest BCUT2D eigenvalue weighted by Crippen LogP contribution is -2.53. The first-order chi connectivity index (χ1) is 19.1. The summed E-state index contributed by atoms with van der Waals surface area (Å²) in [4.78, 5) is 61.1. The topological polar surface area (TPSA) is 176 Å². The Morgan fingerprint density at radius 1 is 0.700 bits per heavy atom. The van der Waals surface area contributed by atoms with Gasteiger partial charge in [0.1, 0.15) is 12.1 Å². The molecule has 3 aromatic rings. The van der Waals surface area contributed by atoms with Crippen LogP contribution in [-0.4, -0.2) is 52.0 Å². The number of nitrogens with one attached hydrogen (secondary N) is 2. The quantitative estimate of drug-likeness (QED) is 0.188. The third kappa shape index (κ3) is 9.35. The number of carbonyl (C=O) groups excluding carboxylic acids is 3. The molecule has 1 heterocycles. The van der Waals surface area contributed by atoms with Gasteiger partial charge in [-0.1, -0.05) is 54.6 Å². The number of carboxylic acids is 2. The van der Waals surface area contributed by atoms with E-state index in [1.165, 1.54) is 4.88 Å². The fraction of sp³-hybridized carbons (Fsp3) is 0.276. The minimum atomic E-state index is -1.27. The highest BCUT2D eigenvalue weighted by Crippen LogP contribution is 2.34. The molecular formula is C29H31N3O7S. The number of thiophene rings is 1. The van der Waals surface area contributed by atoms with Gasteiger partial charge in [-0.3, -0.25) is 24.0 Å². The largest absolute Gasteiger partial charge is 0.481 e. The van der Waals surface area contributed by atoms with E-state index in [0.29, 0.717) is 6.42 Å². The van der Waals surface area contributed by atoms with Crippen LogP contribution in [0.3, 0.4) is 0 Å². The Balaban J connectivity index is 1.57. The summed E-state index contributed by atoms with van der Waals surface area (Å²) in [7, 11) is 0. The first-order valence-corrected chi connectivity index (χ1v) is 13.5. The van der Waals surface area contributed by atoms with E-state index in [2.05, 4.69) is 34.9 Å². The van der Waals surface area contributed by atoms with Gasteiger partial charge in [0.05, 0.1) is 0 Å². The standard InChI is InChI=1S/C29H31N3O7S/c30-28(38)21(11-16-26(34)35)32-29(39)22(12-17-27(36)37)31-25(33)15-8-18-6-9-20(10-7-18)24-14-13-23(40-24)19-4-2-1-3-5-19/h1-7,9-10,13-14,21-22H,8,11-12,15-17H2,(H2,30,38)(H,31,33)(H,32,39)(H,34,35)(H,36,37)/t21-,22-/m0/s1. The van der Waals surface area contributed by atoms with Crippen LogP contribution in [0.15, 0.2) is 66.7 Å². The van der Waals surface area contributed by atoms with Crippen LogP contribution in [0.4, 0.5) is 0 Å². The number of rotatable bonds is 15. The Labute approximate surface area is 235 Å². The smallest absolute Gasteiger partial charge is 0.303 e. The summed E-state index contributed by atoms with van der Waals surface area (Å²) in [5.41, 5.74) is 8.37. The van der Waals surface area contributed by atoms with Crippen molar-refractivity contribution in [2.75, 3.05) is 0 Å². The predicted octanol–water partition coefficient (Wildman–Crippen LogP) is 3.20. The van der Waals surface area contributed by atoms with E-state index < -0.39 is 54.6 Å². The maximum absolute atomic E-state index is 12.7. The zero-order valence-corrected chi connectivity index (χ0v) is 22.5. The second-order valence-electron chi connectivity index (χ2n) is 9.18. The number of primary amides is 1. The summed E-state index contributed by atoms with van der Waals surface area (Å²) in [5, 5.41) is 22.7. The fourth-order valence-corrected chi connectivity index (χ4v) is 4.99. The summed E-state index contributed by atoms with van der Waals surface area (Å²) < 4.78 is 0. The van der Waals surface area contributed by atoms with Gasteiger partial charge in [-0.25, -0.2) is 0 Å². The summed E-state index contributed by atoms with van der Waals surface area (Å²) >= 11 is 1.69. The van der Waals surface area contributed by atoms with Gasteiger partial charge in [0, 0.05) is 29.0 Å². The zero-order chi connectivity index (χ0) is 29.1. The van der Waals surface area contributed by atoms with Gasteiger partial charge in [0.25, 0.3) is 0 Å². The minimum absolute atomic E-state index is 0.0472. The number of hydrogen-bond acceptors (Lipinski definition) is 6. The van der Waals surface area contributed by atoms with Gasteiger partial charge in [-0.05, 0) is 48.1 Å². The Bertz CT molecular complexity index is 1340. The number of carboxylic acid groups (broad SMARTS) is 2. The molecule has 0 spiro atoms. The average Bonchev–Trinajstić information content (AvgIpc) is 3.43. The highest BCUT2D eigenvalue weighted by molar-refractivity contribution is 7.18. The van der Waals surface area contributed by atoms with Crippen molar-refractivity contribution in [2.24, 2.45) is 5.73 Å². The lowest BCUT2D eigenvalue weighted by Gasteiger charge is -2.21. The molecule has 10 nitrogen and oxygen atoms in total. The molecule has 2 atom stereocenters. The van der Waals surface area contributed by atoms with Crippen molar-refractivity contribution >= 4 is 41.0 Å². The molecule has 0 unspecified atom stereocenters. The van der Waals surface area contributed by atoms with Gasteiger partial charge in [-0.2, -0.15) is 0 Å². The van der Waals surface area contributed by atoms with Crippen LogP contribution in [0, 0.1) is 0 Å². The second-order valence-corrected chi connectivity index (χ2v) is 10.3. The molecule has 0 fully saturated rings. The van der Waals surface area contributed by atoms with Crippen molar-refractivity contribution < 1.29 is 34.2 Å². The van der Waals surface area contributed by atoms with Gasteiger partial charge in [-0.15, -0.1) is 11.3 Å². The molecular weight excluding hydrogens is 534 g/mol. The third-order valence-corrected chi connectivity index (χ3v) is 7.33. The maximum atomic E-state index is 12.7. The number of aryl methyl sites for hydroxylation is 1. The van der Waals surface area contributed by atoms with Crippen LogP contribution < -0.4 is 16.4 Å². The molecule has 11 heteroatoms. The Morgan fingerprint density at radius 2 is 1.25 bits per heavy atom. The van der Waals surface area contributed by atoms with Crippen molar-refractivity contribution in [3.8, 4) is 20.9 Å². The van der Waals surface area contributed by atoms with Gasteiger partial charge in [0.15, 0.2) is 0 Å². The number of benzene rings is 2. The van der Waals surface area contributed by atoms with Crippen molar-refractivity contribution in [2.45, 2.75) is 50.6 Å². The van der Waals surface area contributed by atoms with Crippen LogP contribution in [0.5, 0.6) is 0 Å². The third-order valence-electron chi connectivity index (χ3n) is 6.15. The molecule has 0 aliphatic rings. The molecule has 3 amide bonds. The van der Waals surface area contributed by atoms with Gasteiger partial charge in [0.2, 0.25) is 17.7 Å². The zero-order valence-electron chi connectivity index (χ0n) is 21.7. The van der Waals surface area contributed by atoms with Crippen LogP contribution in [0.25, 0.3) is 20.9 Å². The van der Waals surface area contributed by atoms with Crippen LogP contribution >= 0.6 is 11.3 Å². The van der Waals surface area contributed by atoms with Gasteiger partial charge < -0.3 is 26.6 Å². The summed E-state index contributed by atoms with van der Waals surface area (Å²) in [6.45, 7) is 0. The summed E-state index contributed by atoms with van der Waals surface area (Å²) in [6.07, 6.45) is -0.805. The number of hydrogen-bond donors (Lipinski definition) is 5. The fourth-order valence-electron chi connectivity index (χ4n) is 3.97. The summed E-state index contributed by atoms with van der Waals surface area (Å²) in [6, 6.07) is 19.6. The Kier molecular flexibility index (Phi) is 11.0. The highest BCUT2D eigenvalue weighted by atomic mass is 32.1. The molecule has 3 rings (SSSR count). The number of aliphatic carboxylic acids is 2. The molecule has 0 aliphatic carbocycles. The first kappa shape index (κ1) is 30.0. The lowest BCUT2D eigenvalue weighted by atomic mass is 10.0. The van der Waals surface area contributed by atoms with E-state index in [1.54, 1.807) is 11.3 Å². The van der Waals surface area contributed by atoms with E-state index in [-0.39, 0.29) is 19.3 Å².